The fraction of sp³-hybridized carbons (Fsp3) is 0.545. The van der Waals surface area contributed by atoms with Gasteiger partial charge in [0.2, 0.25) is 0 Å². The highest BCUT2D eigenvalue weighted by Crippen LogP contribution is 2.31. The summed E-state index contributed by atoms with van der Waals surface area (Å²) in [6.45, 7) is 8.60. The van der Waals surface area contributed by atoms with Crippen molar-refractivity contribution in [2.75, 3.05) is 20.1 Å². The van der Waals surface area contributed by atoms with E-state index in [1.807, 2.05) is 0 Å². The minimum absolute atomic E-state index is 0.357. The number of hydrogen-bond acceptors (Lipinski definition) is 4. The van der Waals surface area contributed by atoms with Crippen LogP contribution in [0.1, 0.15) is 59.1 Å². The Morgan fingerprint density at radius 3 is 2.85 bits per heavy atom. The summed E-state index contributed by atoms with van der Waals surface area (Å²) in [4.78, 5) is 14.7. The lowest BCUT2D eigenvalue weighted by Gasteiger charge is -2.35. The lowest BCUT2D eigenvalue weighted by molar-refractivity contribution is 0.133. The summed E-state index contributed by atoms with van der Waals surface area (Å²) in [5.41, 5.74) is 6.72. The zero-order chi connectivity index (χ0) is 18.1. The smallest absolute Gasteiger partial charge is 0.145 e. The number of fused-ring (bicyclic) bond motifs is 1. The van der Waals surface area contributed by atoms with Crippen molar-refractivity contribution in [2.45, 2.75) is 58.7 Å². The molecule has 138 valence electrons. The van der Waals surface area contributed by atoms with E-state index in [-0.39, 0.29) is 0 Å². The van der Waals surface area contributed by atoms with Gasteiger partial charge in [0.25, 0.3) is 0 Å². The fourth-order valence-electron chi connectivity index (χ4n) is 4.24. The van der Waals surface area contributed by atoms with Gasteiger partial charge in [-0.2, -0.15) is 0 Å². The molecule has 0 saturated carbocycles. The van der Waals surface area contributed by atoms with Crippen molar-refractivity contribution in [3.63, 3.8) is 0 Å². The zero-order valence-electron chi connectivity index (χ0n) is 16.3. The van der Waals surface area contributed by atoms with Gasteiger partial charge in [0.05, 0.1) is 6.04 Å². The summed E-state index contributed by atoms with van der Waals surface area (Å²) < 4.78 is 0. The first-order valence-electron chi connectivity index (χ1n) is 9.93. The van der Waals surface area contributed by atoms with Gasteiger partial charge in [0.1, 0.15) is 5.82 Å². The van der Waals surface area contributed by atoms with Crippen molar-refractivity contribution < 1.29 is 0 Å². The summed E-state index contributed by atoms with van der Waals surface area (Å²) in [5.74, 6) is 1.04. The van der Waals surface area contributed by atoms with Crippen LogP contribution in [0.3, 0.4) is 0 Å². The van der Waals surface area contributed by atoms with Gasteiger partial charge in [0.15, 0.2) is 0 Å². The van der Waals surface area contributed by atoms with Crippen LogP contribution >= 0.6 is 0 Å². The van der Waals surface area contributed by atoms with Crippen LogP contribution in [-0.2, 0) is 19.5 Å². The van der Waals surface area contributed by atoms with Crippen molar-refractivity contribution >= 4 is 0 Å². The minimum Gasteiger partial charge on any atom is -0.302 e. The molecule has 0 radical (unpaired) electrons. The van der Waals surface area contributed by atoms with Gasteiger partial charge in [-0.15, -0.1) is 0 Å². The molecule has 0 bridgehead atoms. The molecule has 4 heteroatoms. The van der Waals surface area contributed by atoms with Crippen LogP contribution in [0.4, 0.5) is 0 Å². The van der Waals surface area contributed by atoms with Crippen LogP contribution in [0, 0.1) is 13.8 Å². The van der Waals surface area contributed by atoms with Crippen LogP contribution in [0.5, 0.6) is 0 Å². The highest BCUT2D eigenvalue weighted by atomic mass is 15.2. The van der Waals surface area contributed by atoms with Crippen LogP contribution in [0.15, 0.2) is 24.4 Å². The number of rotatable bonds is 3. The number of benzene rings is 1. The third kappa shape index (κ3) is 3.67. The molecule has 1 aromatic carbocycles. The molecule has 0 N–H and O–H groups in total. The number of piperidine rings is 1. The number of likely N-dealkylation sites (N-methyl/N-ethyl adjacent to an activating group) is 1. The average Bonchev–Trinajstić information content (AvgIpc) is 2.65. The van der Waals surface area contributed by atoms with Crippen molar-refractivity contribution in [3.8, 4) is 0 Å². The third-order valence-corrected chi connectivity index (χ3v) is 6.01. The van der Waals surface area contributed by atoms with Crippen LogP contribution in [0.25, 0.3) is 0 Å². The van der Waals surface area contributed by atoms with E-state index in [0.29, 0.717) is 6.04 Å². The maximum absolute atomic E-state index is 5.02. The molecule has 3 heterocycles. The molecule has 1 aromatic heterocycles. The van der Waals surface area contributed by atoms with E-state index in [1.165, 1.54) is 47.2 Å². The van der Waals surface area contributed by atoms with Gasteiger partial charge in [0, 0.05) is 43.5 Å². The first kappa shape index (κ1) is 17.6. The number of aryl methyl sites for hydroxylation is 2. The van der Waals surface area contributed by atoms with Crippen molar-refractivity contribution in [3.05, 3.63) is 58.2 Å². The zero-order valence-corrected chi connectivity index (χ0v) is 16.3. The maximum Gasteiger partial charge on any atom is 0.145 e. The molecule has 4 rings (SSSR count). The Kier molecular flexibility index (Phi) is 5.05. The van der Waals surface area contributed by atoms with E-state index in [0.717, 1.165) is 38.4 Å². The first-order valence-corrected chi connectivity index (χ1v) is 9.93. The molecular formula is C22H30N4. The molecule has 1 atom stereocenters. The quantitative estimate of drug-likeness (QED) is 0.843. The topological polar surface area (TPSA) is 32.3 Å². The van der Waals surface area contributed by atoms with Gasteiger partial charge in [-0.3, -0.25) is 4.90 Å². The summed E-state index contributed by atoms with van der Waals surface area (Å²) in [7, 11) is 2.17. The second-order valence-corrected chi connectivity index (χ2v) is 8.09. The van der Waals surface area contributed by atoms with Crippen molar-refractivity contribution in [2.24, 2.45) is 0 Å². The predicted molar refractivity (Wildman–Crippen MR) is 105 cm³/mol. The normalized spacial score (nSPS) is 21.6. The van der Waals surface area contributed by atoms with Gasteiger partial charge in [-0.05, 0) is 57.0 Å². The van der Waals surface area contributed by atoms with Gasteiger partial charge < -0.3 is 4.90 Å². The summed E-state index contributed by atoms with van der Waals surface area (Å²) in [6.07, 6.45) is 6.85. The van der Waals surface area contributed by atoms with Gasteiger partial charge >= 0.3 is 0 Å². The van der Waals surface area contributed by atoms with E-state index in [1.54, 1.807) is 0 Å². The van der Waals surface area contributed by atoms with E-state index in [2.05, 4.69) is 55.1 Å². The minimum atomic E-state index is 0.357. The molecule has 1 fully saturated rings. The molecule has 0 aliphatic carbocycles. The monoisotopic (exact) mass is 350 g/mol. The van der Waals surface area contributed by atoms with E-state index in [4.69, 9.17) is 9.97 Å². The fourth-order valence-corrected chi connectivity index (χ4v) is 4.24. The molecule has 0 unspecified atom stereocenters. The van der Waals surface area contributed by atoms with E-state index in [9.17, 15) is 0 Å². The molecule has 0 spiro atoms. The Bertz CT molecular complexity index is 786. The van der Waals surface area contributed by atoms with Crippen molar-refractivity contribution in [1.29, 1.82) is 0 Å². The Hall–Kier alpha value is -1.78. The van der Waals surface area contributed by atoms with Crippen LogP contribution in [-0.4, -0.2) is 39.9 Å². The Morgan fingerprint density at radius 2 is 2.00 bits per heavy atom. The standard InChI is InChI=1S/C22H30N4/c1-16-7-8-18(12-17(16)2)14-26-10-5-4-6-21(26)22-23-13-19-15-25(3)11-9-20(19)24-22/h7-8,12-13,21H,4-6,9-11,14-15H2,1-3H3/t21-/m0/s1. The molecule has 2 aliphatic heterocycles. The van der Waals surface area contributed by atoms with Crippen LogP contribution in [0.2, 0.25) is 0 Å². The molecule has 26 heavy (non-hydrogen) atoms. The molecule has 0 amide bonds. The van der Waals surface area contributed by atoms with Crippen molar-refractivity contribution in [1.82, 2.24) is 19.8 Å². The lowest BCUT2D eigenvalue weighted by atomic mass is 9.98. The second kappa shape index (κ2) is 7.45. The second-order valence-electron chi connectivity index (χ2n) is 8.09. The molecular weight excluding hydrogens is 320 g/mol. The van der Waals surface area contributed by atoms with E-state index < -0.39 is 0 Å². The Balaban J connectivity index is 1.56. The number of aromatic nitrogens is 2. The molecule has 2 aliphatic rings. The van der Waals surface area contributed by atoms with Crippen LogP contribution < -0.4 is 0 Å². The Labute approximate surface area is 157 Å². The van der Waals surface area contributed by atoms with E-state index >= 15 is 0 Å². The summed E-state index contributed by atoms with van der Waals surface area (Å²) in [5, 5.41) is 0. The number of nitrogens with zero attached hydrogens (tertiary/aromatic N) is 4. The lowest BCUT2D eigenvalue weighted by Crippen LogP contribution is -2.35. The van der Waals surface area contributed by atoms with Gasteiger partial charge in [-0.25, -0.2) is 9.97 Å². The summed E-state index contributed by atoms with van der Waals surface area (Å²) in [6, 6.07) is 7.22. The molecule has 1 saturated heterocycles. The first-order chi connectivity index (χ1) is 12.6. The largest absolute Gasteiger partial charge is 0.302 e. The summed E-state index contributed by atoms with van der Waals surface area (Å²) >= 11 is 0. The molecule has 4 nitrogen and oxygen atoms in total. The third-order valence-electron chi connectivity index (χ3n) is 6.01. The Morgan fingerprint density at radius 1 is 1.12 bits per heavy atom. The highest BCUT2D eigenvalue weighted by molar-refractivity contribution is 5.30. The highest BCUT2D eigenvalue weighted by Gasteiger charge is 2.27. The predicted octanol–water partition coefficient (Wildman–Crippen LogP) is 3.81. The maximum atomic E-state index is 5.02. The number of hydrogen-bond donors (Lipinski definition) is 0. The van der Waals surface area contributed by atoms with Gasteiger partial charge in [-0.1, -0.05) is 24.6 Å². The average molecular weight is 351 g/mol. The number of likely N-dealkylation sites (tertiary alicyclic amines) is 1. The molecule has 2 aromatic rings. The SMILES string of the molecule is Cc1ccc(CN2CCCC[C@H]2c2ncc3c(n2)CCN(C)C3)cc1C.